The van der Waals surface area contributed by atoms with Crippen LogP contribution in [0.3, 0.4) is 0 Å². The van der Waals surface area contributed by atoms with Gasteiger partial charge in [-0.15, -0.1) is 0 Å². The normalized spacial score (nSPS) is 16.7. The zero-order chi connectivity index (χ0) is 18.8. The molecule has 3 heterocycles. The molecule has 1 aromatic carbocycles. The highest BCUT2D eigenvalue weighted by molar-refractivity contribution is 5.87. The van der Waals surface area contributed by atoms with Crippen molar-refractivity contribution in [2.24, 2.45) is 0 Å². The number of nitrogen functional groups attached to an aromatic ring is 1. The van der Waals surface area contributed by atoms with Gasteiger partial charge in [0, 0.05) is 25.5 Å². The van der Waals surface area contributed by atoms with E-state index < -0.39 is 0 Å². The van der Waals surface area contributed by atoms with E-state index in [0.29, 0.717) is 36.8 Å². The summed E-state index contributed by atoms with van der Waals surface area (Å²) < 4.78 is 1.57. The molecular formula is C19H21N7O. The molecule has 0 radical (unpaired) electrons. The van der Waals surface area contributed by atoms with E-state index in [1.165, 1.54) is 11.9 Å². The van der Waals surface area contributed by atoms with Gasteiger partial charge in [0.1, 0.15) is 18.1 Å². The second-order valence-electron chi connectivity index (χ2n) is 6.64. The van der Waals surface area contributed by atoms with Gasteiger partial charge in [-0.1, -0.05) is 29.8 Å². The third kappa shape index (κ3) is 3.46. The van der Waals surface area contributed by atoms with Crippen LogP contribution in [0.1, 0.15) is 17.5 Å². The van der Waals surface area contributed by atoms with Crippen molar-refractivity contribution in [3.8, 4) is 5.82 Å². The first-order valence-corrected chi connectivity index (χ1v) is 8.83. The molecule has 1 aliphatic heterocycles. The second-order valence-corrected chi connectivity index (χ2v) is 6.64. The molecule has 1 atom stereocenters. The van der Waals surface area contributed by atoms with E-state index in [2.05, 4.69) is 44.6 Å². The molecule has 27 heavy (non-hydrogen) atoms. The monoisotopic (exact) mass is 363 g/mol. The number of anilines is 2. The molecule has 8 heteroatoms. The number of aromatic nitrogens is 4. The quantitative estimate of drug-likeness (QED) is 0.716. The number of amides is 1. The van der Waals surface area contributed by atoms with Gasteiger partial charge in [-0.05, 0) is 25.0 Å². The fraction of sp³-hybridized carbons (Fsp3) is 0.263. The van der Waals surface area contributed by atoms with Gasteiger partial charge in [-0.25, -0.2) is 14.6 Å². The smallest absolute Gasteiger partial charge is 0.245 e. The lowest BCUT2D eigenvalue weighted by Crippen LogP contribution is -2.33. The van der Waals surface area contributed by atoms with Gasteiger partial charge < -0.3 is 16.0 Å². The number of benzene rings is 1. The molecule has 1 saturated heterocycles. The van der Waals surface area contributed by atoms with Crippen molar-refractivity contribution in [3.63, 3.8) is 0 Å². The summed E-state index contributed by atoms with van der Waals surface area (Å²) in [4.78, 5) is 23.0. The van der Waals surface area contributed by atoms with Crippen LogP contribution in [0, 0.1) is 6.92 Å². The van der Waals surface area contributed by atoms with Crippen molar-refractivity contribution in [1.29, 1.82) is 0 Å². The third-order valence-corrected chi connectivity index (χ3v) is 4.69. The van der Waals surface area contributed by atoms with Crippen molar-refractivity contribution in [2.75, 3.05) is 17.6 Å². The van der Waals surface area contributed by atoms with Gasteiger partial charge in [0.2, 0.25) is 5.91 Å². The molecular weight excluding hydrogens is 342 g/mol. The van der Waals surface area contributed by atoms with Gasteiger partial charge in [0.05, 0.1) is 0 Å². The van der Waals surface area contributed by atoms with E-state index >= 15 is 0 Å². The molecule has 1 aliphatic rings. The predicted molar refractivity (Wildman–Crippen MR) is 102 cm³/mol. The van der Waals surface area contributed by atoms with Crippen LogP contribution >= 0.6 is 0 Å². The summed E-state index contributed by atoms with van der Waals surface area (Å²) >= 11 is 0. The minimum Gasteiger partial charge on any atom is -0.393 e. The maximum atomic E-state index is 12.8. The Morgan fingerprint density at radius 3 is 2.81 bits per heavy atom. The molecule has 0 bridgehead atoms. The fourth-order valence-corrected chi connectivity index (χ4v) is 3.19. The number of carbonyl (C=O) groups excluding carboxylic acids is 1. The average Bonchev–Trinajstić information content (AvgIpc) is 3.31. The lowest BCUT2D eigenvalue weighted by molar-refractivity contribution is -0.128. The van der Waals surface area contributed by atoms with Crippen molar-refractivity contribution in [2.45, 2.75) is 25.9 Å². The largest absolute Gasteiger partial charge is 0.393 e. The zero-order valence-electron chi connectivity index (χ0n) is 15.0. The number of aryl methyl sites for hydroxylation is 1. The molecule has 138 valence electrons. The van der Waals surface area contributed by atoms with E-state index in [-0.39, 0.29) is 11.9 Å². The summed E-state index contributed by atoms with van der Waals surface area (Å²) in [5, 5.41) is 7.32. The Bertz CT molecular complexity index is 937. The predicted octanol–water partition coefficient (Wildman–Crippen LogP) is 1.77. The summed E-state index contributed by atoms with van der Waals surface area (Å²) in [6.45, 7) is 3.35. The summed E-state index contributed by atoms with van der Waals surface area (Å²) in [7, 11) is 0. The van der Waals surface area contributed by atoms with E-state index in [1.807, 2.05) is 11.8 Å². The molecule has 1 amide bonds. The summed E-state index contributed by atoms with van der Waals surface area (Å²) in [5.41, 5.74) is 8.89. The summed E-state index contributed by atoms with van der Waals surface area (Å²) in [5.74, 6) is 0.986. The minimum atomic E-state index is -0.349. The highest BCUT2D eigenvalue weighted by Gasteiger charge is 2.32. The molecule has 0 aliphatic carbocycles. The average molecular weight is 363 g/mol. The molecule has 3 N–H and O–H groups in total. The summed E-state index contributed by atoms with van der Waals surface area (Å²) in [6, 6.07) is 9.68. The van der Waals surface area contributed by atoms with Gasteiger partial charge in [0.25, 0.3) is 0 Å². The molecule has 3 aromatic rings. The van der Waals surface area contributed by atoms with E-state index in [4.69, 9.17) is 5.73 Å². The number of likely N-dealkylation sites (tertiary alicyclic amines) is 1. The Labute approximate surface area is 157 Å². The standard InChI is InChI=1S/C19H21N7O/c1-13-3-5-14(6-4-13)11-25-10-7-15(19(25)27)24-17-16(20)18(22-12-21-17)26-9-2-8-23-26/h2-6,8-9,12,15H,7,10-11,20H2,1H3,(H,21,22,24). The van der Waals surface area contributed by atoms with Gasteiger partial charge in [0.15, 0.2) is 11.6 Å². The Morgan fingerprint density at radius 2 is 2.07 bits per heavy atom. The van der Waals surface area contributed by atoms with Crippen LogP contribution in [0.15, 0.2) is 49.1 Å². The Balaban J connectivity index is 1.47. The number of nitrogens with one attached hydrogen (secondary N) is 1. The number of rotatable bonds is 5. The van der Waals surface area contributed by atoms with Crippen molar-refractivity contribution in [3.05, 3.63) is 60.2 Å². The number of carbonyl (C=O) groups is 1. The molecule has 0 saturated carbocycles. The Morgan fingerprint density at radius 1 is 1.26 bits per heavy atom. The van der Waals surface area contributed by atoms with Crippen molar-refractivity contribution >= 4 is 17.4 Å². The third-order valence-electron chi connectivity index (χ3n) is 4.69. The molecule has 8 nitrogen and oxygen atoms in total. The lowest BCUT2D eigenvalue weighted by Gasteiger charge is -2.18. The topological polar surface area (TPSA) is 102 Å². The van der Waals surface area contributed by atoms with Gasteiger partial charge in [-0.2, -0.15) is 5.10 Å². The number of hydrogen-bond acceptors (Lipinski definition) is 6. The van der Waals surface area contributed by atoms with E-state index in [9.17, 15) is 4.79 Å². The maximum Gasteiger partial charge on any atom is 0.245 e. The maximum absolute atomic E-state index is 12.8. The van der Waals surface area contributed by atoms with Gasteiger partial charge >= 0.3 is 0 Å². The fourth-order valence-electron chi connectivity index (χ4n) is 3.19. The van der Waals surface area contributed by atoms with Gasteiger partial charge in [-0.3, -0.25) is 4.79 Å². The first-order valence-electron chi connectivity index (χ1n) is 8.83. The Kier molecular flexibility index (Phi) is 4.45. The van der Waals surface area contributed by atoms with E-state index in [0.717, 1.165) is 5.56 Å². The first kappa shape index (κ1) is 17.0. The minimum absolute atomic E-state index is 0.0502. The lowest BCUT2D eigenvalue weighted by atomic mass is 10.1. The second kappa shape index (κ2) is 7.06. The van der Waals surface area contributed by atoms with E-state index in [1.54, 1.807) is 23.1 Å². The molecule has 1 unspecified atom stereocenters. The van der Waals surface area contributed by atoms with Crippen LogP contribution in [-0.4, -0.2) is 43.1 Å². The van der Waals surface area contributed by atoms with Crippen LogP contribution in [0.2, 0.25) is 0 Å². The molecule has 0 spiro atoms. The zero-order valence-corrected chi connectivity index (χ0v) is 15.0. The first-order chi connectivity index (χ1) is 13.1. The highest BCUT2D eigenvalue weighted by atomic mass is 16.2. The molecule has 2 aromatic heterocycles. The van der Waals surface area contributed by atoms with Crippen LogP contribution in [0.25, 0.3) is 5.82 Å². The molecule has 1 fully saturated rings. The van der Waals surface area contributed by atoms with Crippen LogP contribution in [-0.2, 0) is 11.3 Å². The van der Waals surface area contributed by atoms with Crippen molar-refractivity contribution < 1.29 is 4.79 Å². The number of nitrogens with two attached hydrogens (primary N) is 1. The number of nitrogens with zero attached hydrogens (tertiary/aromatic N) is 5. The van der Waals surface area contributed by atoms with Crippen LogP contribution < -0.4 is 11.1 Å². The summed E-state index contributed by atoms with van der Waals surface area (Å²) in [6.07, 6.45) is 5.52. The van der Waals surface area contributed by atoms with Crippen LogP contribution in [0.4, 0.5) is 11.5 Å². The molecule has 4 rings (SSSR count). The SMILES string of the molecule is Cc1ccc(CN2CCC(Nc3ncnc(-n4cccn4)c3N)C2=O)cc1. The Hall–Kier alpha value is -3.42. The van der Waals surface area contributed by atoms with Crippen LogP contribution in [0.5, 0.6) is 0 Å². The highest BCUT2D eigenvalue weighted by Crippen LogP contribution is 2.24. The van der Waals surface area contributed by atoms with Crippen molar-refractivity contribution in [1.82, 2.24) is 24.6 Å². The number of hydrogen-bond donors (Lipinski definition) is 2.